The van der Waals surface area contributed by atoms with Crippen LogP contribution in [-0.4, -0.2) is 4.57 Å². The van der Waals surface area contributed by atoms with Gasteiger partial charge in [-0.2, -0.15) is 0 Å². The molecule has 0 amide bonds. The summed E-state index contributed by atoms with van der Waals surface area (Å²) in [5, 5.41) is 2.59. The van der Waals surface area contributed by atoms with Crippen LogP contribution in [0.25, 0.3) is 49.6 Å². The highest BCUT2D eigenvalue weighted by Gasteiger charge is 2.19. The first kappa shape index (κ1) is 33.7. The molecule has 10 rings (SSSR count). The fraction of sp³-hybridized carbons (Fsp3) is 0.0741. The maximum atomic E-state index is 2.51. The van der Waals surface area contributed by atoms with Crippen LogP contribution in [0.15, 0.2) is 218 Å². The van der Waals surface area contributed by atoms with Gasteiger partial charge < -0.3 is 9.47 Å². The topological polar surface area (TPSA) is 8.17 Å². The van der Waals surface area contributed by atoms with E-state index in [1.807, 2.05) is 0 Å². The van der Waals surface area contributed by atoms with Crippen LogP contribution >= 0.6 is 0 Å². The summed E-state index contributed by atoms with van der Waals surface area (Å²) in [6.07, 6.45) is 17.9. The molecule has 0 aliphatic heterocycles. The molecule has 2 aliphatic carbocycles. The molecule has 268 valence electrons. The molecular formula is C54H42N2. The predicted octanol–water partition coefficient (Wildman–Crippen LogP) is 14.8. The number of allylic oxidation sites excluding steroid dienone is 8. The van der Waals surface area contributed by atoms with E-state index < -0.39 is 0 Å². The highest BCUT2D eigenvalue weighted by Crippen LogP contribution is 2.40. The van der Waals surface area contributed by atoms with Crippen LogP contribution in [0.2, 0.25) is 0 Å². The standard InChI is InChI=1S/C54H42N2/c1-4-12-39(13-5-1)41-20-22-42(23-21-41)44-26-33-49(34-27-44)55(48-31-24-43(25-32-48)40-14-6-2-7-15-40)50-35-28-45(29-36-50)46-30-37-54-52(38-46)51-18-10-11-19-53(51)56(54)47-16-8-3-9-17-47/h1-16,18-20,22-38,41,47H,17,21H2. The Kier molecular flexibility index (Phi) is 8.85. The number of para-hydroxylation sites is 1. The minimum atomic E-state index is 0.317. The summed E-state index contributed by atoms with van der Waals surface area (Å²) in [5.41, 5.74) is 14.6. The zero-order chi connectivity index (χ0) is 37.3. The van der Waals surface area contributed by atoms with Crippen molar-refractivity contribution in [3.05, 3.63) is 230 Å². The minimum Gasteiger partial charge on any atom is -0.333 e. The second-order valence-electron chi connectivity index (χ2n) is 14.8. The van der Waals surface area contributed by atoms with Crippen LogP contribution in [0.3, 0.4) is 0 Å². The zero-order valence-electron chi connectivity index (χ0n) is 31.2. The molecule has 2 heteroatoms. The lowest BCUT2D eigenvalue weighted by Gasteiger charge is -2.26. The molecule has 0 radical (unpaired) electrons. The summed E-state index contributed by atoms with van der Waals surface area (Å²) < 4.78 is 2.51. The van der Waals surface area contributed by atoms with Crippen molar-refractivity contribution in [1.82, 2.24) is 4.57 Å². The van der Waals surface area contributed by atoms with Crippen LogP contribution in [0.5, 0.6) is 0 Å². The molecule has 2 unspecified atom stereocenters. The maximum absolute atomic E-state index is 2.51. The van der Waals surface area contributed by atoms with Gasteiger partial charge in [-0.15, -0.1) is 0 Å². The Bertz CT molecular complexity index is 2760. The molecule has 0 bridgehead atoms. The summed E-state index contributed by atoms with van der Waals surface area (Å²) in [7, 11) is 0. The lowest BCUT2D eigenvalue weighted by atomic mass is 9.88. The third-order valence-electron chi connectivity index (χ3n) is 11.5. The summed E-state index contributed by atoms with van der Waals surface area (Å²) in [4.78, 5) is 2.36. The number of hydrogen-bond donors (Lipinski definition) is 0. The monoisotopic (exact) mass is 718 g/mol. The lowest BCUT2D eigenvalue weighted by Crippen LogP contribution is -2.10. The van der Waals surface area contributed by atoms with Gasteiger partial charge in [-0.3, -0.25) is 0 Å². The Morgan fingerprint density at radius 3 is 1.66 bits per heavy atom. The van der Waals surface area contributed by atoms with Crippen molar-refractivity contribution in [2.75, 3.05) is 4.90 Å². The van der Waals surface area contributed by atoms with Crippen LogP contribution < -0.4 is 4.90 Å². The van der Waals surface area contributed by atoms with Crippen molar-refractivity contribution < 1.29 is 0 Å². The smallest absolute Gasteiger partial charge is 0.0560 e. The number of hydrogen-bond acceptors (Lipinski definition) is 1. The van der Waals surface area contributed by atoms with Gasteiger partial charge in [0, 0.05) is 44.8 Å². The van der Waals surface area contributed by atoms with E-state index in [0.29, 0.717) is 12.0 Å². The molecule has 0 N–H and O–H groups in total. The first-order chi connectivity index (χ1) is 27.8. The van der Waals surface area contributed by atoms with Gasteiger partial charge in [0.25, 0.3) is 0 Å². The molecule has 2 nitrogen and oxygen atoms in total. The van der Waals surface area contributed by atoms with Crippen molar-refractivity contribution >= 4 is 44.4 Å². The minimum absolute atomic E-state index is 0.317. The van der Waals surface area contributed by atoms with Gasteiger partial charge in [0.15, 0.2) is 0 Å². The third-order valence-corrected chi connectivity index (χ3v) is 11.5. The molecule has 0 saturated heterocycles. The van der Waals surface area contributed by atoms with Crippen LogP contribution in [-0.2, 0) is 0 Å². The van der Waals surface area contributed by atoms with Gasteiger partial charge in [0.2, 0.25) is 0 Å². The average Bonchev–Trinajstić information content (AvgIpc) is 3.62. The van der Waals surface area contributed by atoms with E-state index >= 15 is 0 Å². The van der Waals surface area contributed by atoms with E-state index in [0.717, 1.165) is 29.9 Å². The average molecular weight is 719 g/mol. The van der Waals surface area contributed by atoms with Crippen LogP contribution in [0.4, 0.5) is 17.1 Å². The van der Waals surface area contributed by atoms with Gasteiger partial charge in [-0.05, 0) is 106 Å². The number of aromatic nitrogens is 1. The van der Waals surface area contributed by atoms with E-state index in [1.165, 1.54) is 60.8 Å². The van der Waals surface area contributed by atoms with Gasteiger partial charge >= 0.3 is 0 Å². The molecule has 0 spiro atoms. The molecule has 2 aliphatic rings. The molecule has 56 heavy (non-hydrogen) atoms. The van der Waals surface area contributed by atoms with Gasteiger partial charge in [-0.1, -0.05) is 164 Å². The van der Waals surface area contributed by atoms with Crippen LogP contribution in [0, 0.1) is 0 Å². The van der Waals surface area contributed by atoms with Gasteiger partial charge in [0.05, 0.1) is 6.04 Å². The Labute approximate surface area is 329 Å². The molecule has 8 aromatic rings. The van der Waals surface area contributed by atoms with Crippen molar-refractivity contribution in [2.45, 2.75) is 24.8 Å². The quantitative estimate of drug-likeness (QED) is 0.152. The van der Waals surface area contributed by atoms with Crippen molar-refractivity contribution in [3.63, 3.8) is 0 Å². The molecule has 0 fully saturated rings. The molecule has 0 saturated carbocycles. The lowest BCUT2D eigenvalue weighted by molar-refractivity contribution is 0.648. The molecule has 1 aromatic heterocycles. The van der Waals surface area contributed by atoms with Crippen molar-refractivity contribution in [3.8, 4) is 22.3 Å². The fourth-order valence-corrected chi connectivity index (χ4v) is 8.57. The number of rotatable bonds is 8. The van der Waals surface area contributed by atoms with E-state index in [-0.39, 0.29) is 0 Å². The summed E-state index contributed by atoms with van der Waals surface area (Å²) in [6, 6.07) is 64.5. The van der Waals surface area contributed by atoms with Gasteiger partial charge in [-0.25, -0.2) is 0 Å². The number of nitrogens with zero attached hydrogens (tertiary/aromatic N) is 2. The van der Waals surface area contributed by atoms with Crippen molar-refractivity contribution in [1.29, 1.82) is 0 Å². The van der Waals surface area contributed by atoms with Crippen molar-refractivity contribution in [2.24, 2.45) is 0 Å². The third kappa shape index (κ3) is 6.40. The second kappa shape index (κ2) is 14.7. The summed E-state index contributed by atoms with van der Waals surface area (Å²) >= 11 is 0. The molecule has 2 atom stereocenters. The zero-order valence-corrected chi connectivity index (χ0v) is 31.2. The summed E-state index contributed by atoms with van der Waals surface area (Å²) in [6.45, 7) is 0. The Hall–Kier alpha value is -6.90. The number of anilines is 3. The Morgan fingerprint density at radius 1 is 0.446 bits per heavy atom. The second-order valence-corrected chi connectivity index (χ2v) is 14.8. The largest absolute Gasteiger partial charge is 0.333 e. The van der Waals surface area contributed by atoms with E-state index in [4.69, 9.17) is 0 Å². The number of fused-ring (bicyclic) bond motifs is 3. The fourth-order valence-electron chi connectivity index (χ4n) is 8.57. The van der Waals surface area contributed by atoms with Gasteiger partial charge in [0.1, 0.15) is 0 Å². The first-order valence-electron chi connectivity index (χ1n) is 19.7. The van der Waals surface area contributed by atoms with E-state index in [2.05, 4.69) is 228 Å². The maximum Gasteiger partial charge on any atom is 0.0560 e. The Balaban J connectivity index is 0.981. The predicted molar refractivity (Wildman–Crippen MR) is 238 cm³/mol. The SMILES string of the molecule is C1=CCC(n2c3ccccc3c3cc(-c4ccc(N(c5ccc(C6=CCC(c7ccccc7)C=C6)cc5)c5ccc(-c6ccccc6)cc5)cc4)ccc32)C=C1. The highest BCUT2D eigenvalue weighted by molar-refractivity contribution is 6.09. The van der Waals surface area contributed by atoms with E-state index in [9.17, 15) is 0 Å². The Morgan fingerprint density at radius 2 is 1.02 bits per heavy atom. The normalized spacial score (nSPS) is 16.3. The van der Waals surface area contributed by atoms with E-state index in [1.54, 1.807) is 0 Å². The molecule has 1 heterocycles. The molecular weight excluding hydrogens is 677 g/mol. The first-order valence-corrected chi connectivity index (χ1v) is 19.7. The highest BCUT2D eigenvalue weighted by atomic mass is 15.1. The summed E-state index contributed by atoms with van der Waals surface area (Å²) in [5.74, 6) is 0.426. The number of benzene rings is 7. The van der Waals surface area contributed by atoms with Crippen LogP contribution in [0.1, 0.15) is 35.9 Å². The molecule has 7 aromatic carbocycles.